The highest BCUT2D eigenvalue weighted by Gasteiger charge is 2.22. The Bertz CT molecular complexity index is 334. The van der Waals surface area contributed by atoms with Crippen molar-refractivity contribution in [3.8, 4) is 0 Å². The molecule has 0 unspecified atom stereocenters. The molecule has 1 saturated heterocycles. The molecule has 1 fully saturated rings. The lowest BCUT2D eigenvalue weighted by Gasteiger charge is -2.34. The molecule has 17 heavy (non-hydrogen) atoms. The zero-order valence-electron chi connectivity index (χ0n) is 10.4. The smallest absolute Gasteiger partial charge is 0.0931 e. The van der Waals surface area contributed by atoms with E-state index in [1.807, 2.05) is 6.07 Å². The van der Waals surface area contributed by atoms with Gasteiger partial charge in [0, 0.05) is 37.1 Å². The number of hydrogen-bond donors (Lipinski definition) is 1. The average Bonchev–Trinajstić information content (AvgIpc) is 2.78. The summed E-state index contributed by atoms with van der Waals surface area (Å²) in [4.78, 5) is 4.04. The van der Waals surface area contributed by atoms with Gasteiger partial charge in [-0.05, 0) is 18.6 Å². The van der Waals surface area contributed by atoms with Crippen LogP contribution in [0.25, 0.3) is 0 Å². The third-order valence-corrected chi connectivity index (χ3v) is 4.68. The summed E-state index contributed by atoms with van der Waals surface area (Å²) in [5.41, 5.74) is 0. The molecule has 1 aliphatic heterocycles. The molecule has 4 heteroatoms. The standard InChI is InChI=1S/C13H21ClN2S/c1-2-3-4-11(12-5-6-13(14)17-12)16-9-7-15-8-10-16/h5-6,11,15H,2-4,7-10H2,1H3/t11-/m0/s1. The van der Waals surface area contributed by atoms with Gasteiger partial charge in [0.25, 0.3) is 0 Å². The normalized spacial score (nSPS) is 19.4. The van der Waals surface area contributed by atoms with Gasteiger partial charge in [-0.2, -0.15) is 0 Å². The highest BCUT2D eigenvalue weighted by atomic mass is 35.5. The van der Waals surface area contributed by atoms with Crippen LogP contribution < -0.4 is 5.32 Å². The molecule has 1 aliphatic rings. The van der Waals surface area contributed by atoms with Crippen molar-refractivity contribution in [2.24, 2.45) is 0 Å². The van der Waals surface area contributed by atoms with Crippen LogP contribution in [-0.4, -0.2) is 31.1 Å². The van der Waals surface area contributed by atoms with Crippen LogP contribution in [0.4, 0.5) is 0 Å². The van der Waals surface area contributed by atoms with Crippen molar-refractivity contribution < 1.29 is 0 Å². The molecule has 0 spiro atoms. The average molecular weight is 273 g/mol. The molecule has 2 heterocycles. The Morgan fingerprint density at radius 3 is 2.76 bits per heavy atom. The van der Waals surface area contributed by atoms with Crippen molar-refractivity contribution in [3.05, 3.63) is 21.3 Å². The van der Waals surface area contributed by atoms with Crippen molar-refractivity contribution in [2.45, 2.75) is 32.2 Å². The second kappa shape index (κ2) is 6.74. The molecular formula is C13H21ClN2S. The summed E-state index contributed by atoms with van der Waals surface area (Å²) in [5, 5.41) is 3.42. The molecule has 1 aromatic rings. The summed E-state index contributed by atoms with van der Waals surface area (Å²) in [7, 11) is 0. The highest BCUT2D eigenvalue weighted by Crippen LogP contribution is 2.33. The second-order valence-corrected chi connectivity index (χ2v) is 6.33. The van der Waals surface area contributed by atoms with E-state index in [-0.39, 0.29) is 0 Å². The van der Waals surface area contributed by atoms with Crippen LogP contribution in [0.3, 0.4) is 0 Å². The van der Waals surface area contributed by atoms with E-state index in [9.17, 15) is 0 Å². The van der Waals surface area contributed by atoms with Crippen molar-refractivity contribution in [2.75, 3.05) is 26.2 Å². The summed E-state index contributed by atoms with van der Waals surface area (Å²) in [6.45, 7) is 6.80. The highest BCUT2D eigenvalue weighted by molar-refractivity contribution is 7.16. The van der Waals surface area contributed by atoms with E-state index >= 15 is 0 Å². The van der Waals surface area contributed by atoms with Crippen LogP contribution in [0.15, 0.2) is 12.1 Å². The Hall–Kier alpha value is -0.0900. The summed E-state index contributed by atoms with van der Waals surface area (Å²) < 4.78 is 0.914. The van der Waals surface area contributed by atoms with Gasteiger partial charge in [0.2, 0.25) is 0 Å². The third kappa shape index (κ3) is 3.68. The molecular weight excluding hydrogens is 252 g/mol. The molecule has 0 aromatic carbocycles. The first-order chi connectivity index (χ1) is 8.31. The summed E-state index contributed by atoms with van der Waals surface area (Å²) in [6, 6.07) is 4.81. The summed E-state index contributed by atoms with van der Waals surface area (Å²) >= 11 is 7.81. The Morgan fingerprint density at radius 2 is 2.18 bits per heavy atom. The lowest BCUT2D eigenvalue weighted by Crippen LogP contribution is -2.45. The van der Waals surface area contributed by atoms with Gasteiger partial charge in [-0.1, -0.05) is 31.4 Å². The number of unbranched alkanes of at least 4 members (excludes halogenated alkanes) is 1. The molecule has 96 valence electrons. The van der Waals surface area contributed by atoms with Gasteiger partial charge in [-0.3, -0.25) is 4.90 Å². The maximum Gasteiger partial charge on any atom is 0.0931 e. The first-order valence-corrected chi connectivity index (χ1v) is 7.70. The topological polar surface area (TPSA) is 15.3 Å². The lowest BCUT2D eigenvalue weighted by atomic mass is 10.1. The fraction of sp³-hybridized carbons (Fsp3) is 0.692. The van der Waals surface area contributed by atoms with Gasteiger partial charge in [-0.15, -0.1) is 11.3 Å². The molecule has 1 atom stereocenters. The van der Waals surface area contributed by atoms with E-state index in [0.717, 1.165) is 30.5 Å². The number of nitrogens with zero attached hydrogens (tertiary/aromatic N) is 1. The monoisotopic (exact) mass is 272 g/mol. The molecule has 2 rings (SSSR count). The predicted molar refractivity (Wildman–Crippen MR) is 76.0 cm³/mol. The fourth-order valence-corrected chi connectivity index (χ4v) is 3.63. The van der Waals surface area contributed by atoms with Gasteiger partial charge < -0.3 is 5.32 Å². The SMILES string of the molecule is CCCC[C@@H](c1ccc(Cl)s1)N1CCNCC1. The second-order valence-electron chi connectivity index (χ2n) is 4.59. The summed E-state index contributed by atoms with van der Waals surface area (Å²) in [5.74, 6) is 0. The quantitative estimate of drug-likeness (QED) is 0.882. The number of hydrogen-bond acceptors (Lipinski definition) is 3. The van der Waals surface area contributed by atoms with Crippen LogP contribution >= 0.6 is 22.9 Å². The van der Waals surface area contributed by atoms with Gasteiger partial charge >= 0.3 is 0 Å². The maximum atomic E-state index is 6.07. The molecule has 0 aliphatic carbocycles. The van der Waals surface area contributed by atoms with Crippen molar-refractivity contribution >= 4 is 22.9 Å². The minimum atomic E-state index is 0.578. The maximum absolute atomic E-state index is 6.07. The van der Waals surface area contributed by atoms with Crippen LogP contribution in [-0.2, 0) is 0 Å². The number of halogens is 1. The Kier molecular flexibility index (Phi) is 5.29. The molecule has 1 N–H and O–H groups in total. The number of nitrogens with one attached hydrogen (secondary N) is 1. The molecule has 0 saturated carbocycles. The van der Waals surface area contributed by atoms with Gasteiger partial charge in [0.15, 0.2) is 0 Å². The van der Waals surface area contributed by atoms with E-state index in [4.69, 9.17) is 11.6 Å². The van der Waals surface area contributed by atoms with E-state index < -0.39 is 0 Å². The fourth-order valence-electron chi connectivity index (χ4n) is 2.40. The van der Waals surface area contributed by atoms with E-state index in [0.29, 0.717) is 6.04 Å². The number of thiophene rings is 1. The zero-order valence-corrected chi connectivity index (χ0v) is 12.0. The predicted octanol–water partition coefficient (Wildman–Crippen LogP) is 3.54. The zero-order chi connectivity index (χ0) is 12.1. The van der Waals surface area contributed by atoms with Gasteiger partial charge in [0.1, 0.15) is 0 Å². The first kappa shape index (κ1) is 13.3. The van der Waals surface area contributed by atoms with Crippen molar-refractivity contribution in [3.63, 3.8) is 0 Å². The van der Waals surface area contributed by atoms with Gasteiger partial charge in [0.05, 0.1) is 4.34 Å². The third-order valence-electron chi connectivity index (χ3n) is 3.35. The van der Waals surface area contributed by atoms with Crippen molar-refractivity contribution in [1.29, 1.82) is 0 Å². The Balaban J connectivity index is 2.06. The summed E-state index contributed by atoms with van der Waals surface area (Å²) in [6.07, 6.45) is 3.82. The van der Waals surface area contributed by atoms with E-state index in [1.54, 1.807) is 11.3 Å². The molecule has 0 radical (unpaired) electrons. The van der Waals surface area contributed by atoms with Crippen LogP contribution in [0.2, 0.25) is 4.34 Å². The lowest BCUT2D eigenvalue weighted by molar-refractivity contribution is 0.165. The Morgan fingerprint density at radius 1 is 1.41 bits per heavy atom. The number of rotatable bonds is 5. The van der Waals surface area contributed by atoms with Crippen LogP contribution in [0.5, 0.6) is 0 Å². The first-order valence-electron chi connectivity index (χ1n) is 6.51. The Labute approximate surface area is 113 Å². The number of piperazine rings is 1. The van der Waals surface area contributed by atoms with Gasteiger partial charge in [-0.25, -0.2) is 0 Å². The molecule has 2 nitrogen and oxygen atoms in total. The van der Waals surface area contributed by atoms with Crippen LogP contribution in [0.1, 0.15) is 37.1 Å². The van der Waals surface area contributed by atoms with E-state index in [2.05, 4.69) is 23.2 Å². The minimum Gasteiger partial charge on any atom is -0.314 e. The van der Waals surface area contributed by atoms with Crippen LogP contribution in [0, 0.1) is 0 Å². The molecule has 0 bridgehead atoms. The van der Waals surface area contributed by atoms with Crippen molar-refractivity contribution in [1.82, 2.24) is 10.2 Å². The minimum absolute atomic E-state index is 0.578. The largest absolute Gasteiger partial charge is 0.314 e. The molecule has 1 aromatic heterocycles. The molecule has 0 amide bonds. The van der Waals surface area contributed by atoms with E-state index in [1.165, 1.54) is 24.1 Å².